The number of azide groups is 7. The van der Waals surface area contributed by atoms with Gasteiger partial charge in [0.05, 0.1) is 88.5 Å². The van der Waals surface area contributed by atoms with Crippen LogP contribution in [0, 0.1) is 0 Å². The molecule has 22 rings (SSSR count). The van der Waals surface area contributed by atoms with E-state index in [9.17, 15) is 38.7 Å². The monoisotopic (exact) mass is 1180 g/mol. The van der Waals surface area contributed by atoms with Crippen LogP contribution in [0.5, 0.6) is 0 Å². The highest BCUT2D eigenvalue weighted by molar-refractivity contribution is 5.13. The largest absolute Gasteiger partial charge is 0.361 e. The standard InChI is InChI=1S/C42H49N21O21/c43-57-50-1-8-15-22-29(71-22)36(64-8)79-16-9(2-51-58-44)66-38(31-23(16)73-31)81-18-11(4-53-60-46)68-40(33-25(18)75-33)83-20-13(6-55-62-48)70-42(35-27(20)77-35)84-21-14(7-56-63-49)69-41(34-28(21)76-34)82-19-12(5-54-61-47)67-39(32-26(19)74-32)80-17-10(3-52-59-45)65-37(78-15)30-24(17)72-30/h8-42H,1-7H2/t8-,9-,10-,11-,12-,13-,14-,15-,16-,17-,18-,19-,20-,21-,22-,23+,24+,25+,26+,27+,28+,29+,30+,31+,32+,33+,34+,35+,36-,37-,38-,39-,40-,41-,42-/m1/s1. The highest BCUT2D eigenvalue weighted by Gasteiger charge is 2.71. The van der Waals surface area contributed by atoms with Crippen LogP contribution in [0.4, 0.5) is 0 Å². The molecule has 22 aliphatic heterocycles. The Labute approximate surface area is 468 Å². The lowest BCUT2D eigenvalue weighted by atomic mass is 10.0. The van der Waals surface area contributed by atoms with E-state index in [2.05, 4.69) is 70.2 Å². The minimum Gasteiger partial charge on any atom is -0.361 e. The molecule has 0 unspecified atom stereocenters. The molecule has 0 N–H and O–H groups in total. The molecule has 0 aromatic rings. The zero-order valence-electron chi connectivity index (χ0n) is 43.1. The molecule has 35 atom stereocenters. The van der Waals surface area contributed by atoms with Crippen molar-refractivity contribution < 1.29 is 99.5 Å². The molecule has 0 spiro atoms. The first-order valence-electron chi connectivity index (χ1n) is 27.1. The first-order valence-corrected chi connectivity index (χ1v) is 27.1. The van der Waals surface area contributed by atoms with E-state index < -0.39 is 215 Å². The van der Waals surface area contributed by atoms with Crippen LogP contribution in [-0.4, -0.2) is 261 Å². The van der Waals surface area contributed by atoms with Gasteiger partial charge in [0.15, 0.2) is 44.0 Å². The van der Waals surface area contributed by atoms with E-state index in [-0.39, 0.29) is 45.8 Å². The van der Waals surface area contributed by atoms with Crippen molar-refractivity contribution in [2.24, 2.45) is 35.8 Å². The van der Waals surface area contributed by atoms with E-state index in [1.807, 2.05) is 0 Å². The molecule has 84 heavy (non-hydrogen) atoms. The molecule has 42 nitrogen and oxygen atoms in total. The summed E-state index contributed by atoms with van der Waals surface area (Å²) >= 11 is 0. The normalized spacial score (nSPS) is 53.2. The van der Waals surface area contributed by atoms with Gasteiger partial charge in [-0.05, 0) is 38.7 Å². The Kier molecular flexibility index (Phi) is 14.8. The molecule has 22 aliphatic rings. The topological polar surface area (TPSA) is 558 Å². The molecular formula is C42H49N21O21. The lowest BCUT2D eigenvalue weighted by Gasteiger charge is -2.41. The van der Waals surface area contributed by atoms with Crippen LogP contribution < -0.4 is 0 Å². The quantitative estimate of drug-likeness (QED) is 0.102. The van der Waals surface area contributed by atoms with Crippen molar-refractivity contribution in [3.05, 3.63) is 73.1 Å². The van der Waals surface area contributed by atoms with Crippen LogP contribution in [0.3, 0.4) is 0 Å². The van der Waals surface area contributed by atoms with Crippen molar-refractivity contribution in [1.82, 2.24) is 0 Å². The van der Waals surface area contributed by atoms with Gasteiger partial charge < -0.3 is 99.5 Å². The van der Waals surface area contributed by atoms with E-state index >= 15 is 0 Å². The van der Waals surface area contributed by atoms with Gasteiger partial charge in [-0.2, -0.15) is 0 Å². The zero-order chi connectivity index (χ0) is 56.9. The highest BCUT2D eigenvalue weighted by atomic mass is 16.8. The third kappa shape index (κ3) is 10.4. The maximum atomic E-state index is 9.44. The smallest absolute Gasteiger partial charge is 0.187 e. The lowest BCUT2D eigenvalue weighted by molar-refractivity contribution is -0.307. The lowest BCUT2D eigenvalue weighted by Crippen LogP contribution is -2.58. The molecule has 0 aromatic heterocycles. The van der Waals surface area contributed by atoms with E-state index in [0.29, 0.717) is 0 Å². The molecule has 0 saturated carbocycles. The average molecular weight is 1180 g/mol. The summed E-state index contributed by atoms with van der Waals surface area (Å²) in [6, 6.07) is 0. The second-order valence-electron chi connectivity index (χ2n) is 21.9. The second kappa shape index (κ2) is 22.6. The summed E-state index contributed by atoms with van der Waals surface area (Å²) in [5, 5.41) is 26.5. The maximum absolute atomic E-state index is 9.44. The van der Waals surface area contributed by atoms with Crippen LogP contribution in [0.25, 0.3) is 73.1 Å². The predicted molar refractivity (Wildman–Crippen MR) is 253 cm³/mol. The first-order chi connectivity index (χ1) is 41.3. The Hall–Kier alpha value is -5.67. The molecule has 0 aromatic carbocycles. The Morgan fingerprint density at radius 3 is 0.417 bits per heavy atom. The summed E-state index contributed by atoms with van der Waals surface area (Å²) in [5.74, 6) is 0. The van der Waals surface area contributed by atoms with Crippen LogP contribution in [0.2, 0.25) is 0 Å². The molecule has 22 fully saturated rings. The minimum absolute atomic E-state index is 0.239. The fraction of sp³-hybridized carbons (Fsp3) is 1.00. The van der Waals surface area contributed by atoms with Gasteiger partial charge >= 0.3 is 0 Å². The Balaban J connectivity index is 0.717. The van der Waals surface area contributed by atoms with E-state index in [1.54, 1.807) is 0 Å². The van der Waals surface area contributed by atoms with Crippen molar-refractivity contribution in [3.63, 3.8) is 0 Å². The third-order valence-corrected chi connectivity index (χ3v) is 17.1. The van der Waals surface area contributed by atoms with Crippen LogP contribution in [0.15, 0.2) is 35.8 Å². The molecule has 22 heterocycles. The average Bonchev–Trinajstić information content (AvgIpc) is 2.22. The van der Waals surface area contributed by atoms with Gasteiger partial charge in [-0.1, -0.05) is 35.8 Å². The summed E-state index contributed by atoms with van der Waals surface area (Å²) in [6.45, 7) is -1.67. The Bertz CT molecular complexity index is 2380. The van der Waals surface area contributed by atoms with E-state index in [0.717, 1.165) is 0 Å². The van der Waals surface area contributed by atoms with Crippen molar-refractivity contribution >= 4 is 0 Å². The van der Waals surface area contributed by atoms with Crippen LogP contribution in [0.1, 0.15) is 0 Å². The highest BCUT2D eigenvalue weighted by Crippen LogP contribution is 2.52. The van der Waals surface area contributed by atoms with Gasteiger partial charge in [0.25, 0.3) is 0 Å². The van der Waals surface area contributed by atoms with Crippen molar-refractivity contribution in [2.75, 3.05) is 45.8 Å². The zero-order valence-corrected chi connectivity index (χ0v) is 43.1. The number of hydrogen-bond donors (Lipinski definition) is 0. The number of ether oxygens (including phenoxy) is 21. The van der Waals surface area contributed by atoms with Gasteiger partial charge in [0.1, 0.15) is 128 Å². The summed E-state index contributed by atoms with van der Waals surface area (Å²) < 4.78 is 134. The Morgan fingerprint density at radius 1 is 0.167 bits per heavy atom. The van der Waals surface area contributed by atoms with Gasteiger partial charge in [0, 0.05) is 34.4 Å². The number of fused-ring (bicyclic) bond motifs is 6. The van der Waals surface area contributed by atoms with E-state index in [4.69, 9.17) is 99.5 Å². The van der Waals surface area contributed by atoms with E-state index in [1.165, 1.54) is 0 Å². The Morgan fingerprint density at radius 2 is 0.298 bits per heavy atom. The van der Waals surface area contributed by atoms with Gasteiger partial charge in [-0.25, -0.2) is 0 Å². The molecule has 42 heteroatoms. The van der Waals surface area contributed by atoms with Crippen molar-refractivity contribution in [3.8, 4) is 0 Å². The predicted octanol–water partition coefficient (Wildman–Crippen LogP) is 1.31. The second-order valence-corrected chi connectivity index (χ2v) is 21.9. The SMILES string of the molecule is [N-]=[N+]=NC[C@H]1O[C@@H]2O[C@H]3[C@@H]4O[C@@H]4[C@@H](O[C@H]4[C@@H]5O[C@@H]5[C@@H](O[C@H]5[C@H]6O[C@@H]6[C@@H](O[C@H]6[C@@H]7O[C@@H]7[C@@H](O[C@H]7[C@@H]8O[C@@H]8[C@@H](O[C@H]8[C@@H]9O[C@@H]9[C@@H](O[C@H]1[C@@H]1O[C@H]21)O[C@@H]8CN=[N+]=[N-])O[C@@H]7CN=[N+]=[N-])O[C@@H]6CN=[N+]=[N-])O[C@@H]5CN=[N+]=[N-])O[C@@H]4CN=[N+]=[N-])O[C@@H]3CN=[N+]=[N-]. The molecular weight excluding hydrogens is 1130 g/mol. The van der Waals surface area contributed by atoms with Gasteiger partial charge in [-0.3, -0.25) is 0 Å². The number of rotatable bonds is 14. The van der Waals surface area contributed by atoms with Crippen LogP contribution >= 0.6 is 0 Å². The molecule has 448 valence electrons. The number of nitrogens with zero attached hydrogens (tertiary/aromatic N) is 21. The summed E-state index contributed by atoms with van der Waals surface area (Å²) in [6.07, 6.45) is -31.0. The van der Waals surface area contributed by atoms with Crippen LogP contribution in [-0.2, 0) is 99.5 Å². The maximum Gasteiger partial charge on any atom is 0.187 e. The third-order valence-electron chi connectivity index (χ3n) is 17.1. The van der Waals surface area contributed by atoms with Gasteiger partial charge in [-0.15, -0.1) is 0 Å². The number of hydrogen-bond acceptors (Lipinski definition) is 28. The molecule has 0 aliphatic carbocycles. The fourth-order valence-corrected chi connectivity index (χ4v) is 13.0. The first kappa shape index (κ1) is 54.9. The molecule has 0 amide bonds. The fourth-order valence-electron chi connectivity index (χ4n) is 13.0. The molecule has 14 bridgehead atoms. The summed E-state index contributed by atoms with van der Waals surface area (Å²) in [4.78, 5) is 20.6. The van der Waals surface area contributed by atoms with Crippen molar-refractivity contribution in [2.45, 2.75) is 215 Å². The summed E-state index contributed by atoms with van der Waals surface area (Å²) in [7, 11) is 0. The number of epoxide rings is 7. The minimum atomic E-state index is -1.11. The molecule has 22 saturated heterocycles. The molecule has 0 radical (unpaired) electrons. The van der Waals surface area contributed by atoms with Crippen molar-refractivity contribution in [1.29, 1.82) is 0 Å². The summed E-state index contributed by atoms with van der Waals surface area (Å²) in [5.41, 5.74) is 66.1. The van der Waals surface area contributed by atoms with Gasteiger partial charge in [0.2, 0.25) is 0 Å².